The molecule has 0 aliphatic rings. The molecule has 20 heavy (non-hydrogen) atoms. The zero-order valence-electron chi connectivity index (χ0n) is 12.3. The fourth-order valence-electron chi connectivity index (χ4n) is 2.23. The minimum Gasteiger partial charge on any atom is -0.398 e. The van der Waals surface area contributed by atoms with Gasteiger partial charge >= 0.3 is 0 Å². The highest BCUT2D eigenvalue weighted by Gasteiger charge is 2.24. The molecule has 0 fully saturated rings. The van der Waals surface area contributed by atoms with Crippen molar-refractivity contribution in [3.63, 3.8) is 0 Å². The van der Waals surface area contributed by atoms with Crippen LogP contribution in [0, 0.1) is 6.92 Å². The third kappa shape index (κ3) is 3.73. The molecule has 5 heteroatoms. The van der Waals surface area contributed by atoms with Gasteiger partial charge < -0.3 is 16.0 Å². The molecular weight excluding hydrogens is 254 g/mol. The van der Waals surface area contributed by atoms with E-state index in [4.69, 9.17) is 5.73 Å². The zero-order chi connectivity index (χ0) is 15.1. The molecule has 0 aliphatic carbocycles. The van der Waals surface area contributed by atoms with Crippen molar-refractivity contribution in [3.05, 3.63) is 29.3 Å². The van der Waals surface area contributed by atoms with Crippen molar-refractivity contribution < 1.29 is 9.59 Å². The lowest BCUT2D eigenvalue weighted by Gasteiger charge is -2.27. The molecule has 1 aromatic rings. The minimum absolute atomic E-state index is 0.147. The van der Waals surface area contributed by atoms with Gasteiger partial charge in [-0.25, -0.2) is 0 Å². The van der Waals surface area contributed by atoms with E-state index in [9.17, 15) is 9.59 Å². The normalized spacial score (nSPS) is 11.8. The standard InChI is InChI=1S/C15H23N3O2/c1-4-6-14(15(20)17-3)18(10-19)9-12-11(2)7-5-8-13(12)16/h5,7-8,10,14H,4,6,9,16H2,1-3H3,(H,17,20). The number of nitrogens with one attached hydrogen (secondary N) is 1. The van der Waals surface area contributed by atoms with E-state index in [0.29, 0.717) is 18.7 Å². The maximum Gasteiger partial charge on any atom is 0.242 e. The summed E-state index contributed by atoms with van der Waals surface area (Å²) >= 11 is 0. The van der Waals surface area contributed by atoms with Crippen LogP contribution in [-0.4, -0.2) is 30.3 Å². The number of hydrogen-bond acceptors (Lipinski definition) is 3. The van der Waals surface area contributed by atoms with Crippen LogP contribution in [0.2, 0.25) is 0 Å². The summed E-state index contributed by atoms with van der Waals surface area (Å²) in [5.41, 5.74) is 8.52. The van der Waals surface area contributed by atoms with E-state index in [1.54, 1.807) is 13.1 Å². The number of nitrogen functional groups attached to an aromatic ring is 1. The van der Waals surface area contributed by atoms with Crippen LogP contribution in [0.1, 0.15) is 30.9 Å². The summed E-state index contributed by atoms with van der Waals surface area (Å²) < 4.78 is 0. The van der Waals surface area contributed by atoms with E-state index in [1.807, 2.05) is 26.0 Å². The molecule has 0 aromatic heterocycles. The smallest absolute Gasteiger partial charge is 0.242 e. The quantitative estimate of drug-likeness (QED) is 0.585. The first-order valence-electron chi connectivity index (χ1n) is 6.81. The van der Waals surface area contributed by atoms with Crippen LogP contribution in [-0.2, 0) is 16.1 Å². The SMILES string of the molecule is CCCC(C(=O)NC)N(C=O)Cc1c(C)cccc1N. The lowest BCUT2D eigenvalue weighted by molar-refractivity contribution is -0.133. The predicted molar refractivity (Wildman–Crippen MR) is 80.0 cm³/mol. The Balaban J connectivity index is 3.00. The third-order valence-electron chi connectivity index (χ3n) is 3.43. The van der Waals surface area contributed by atoms with Crippen molar-refractivity contribution in [1.29, 1.82) is 0 Å². The van der Waals surface area contributed by atoms with Gasteiger partial charge in [0.25, 0.3) is 0 Å². The number of carbonyl (C=O) groups is 2. The van der Waals surface area contributed by atoms with Gasteiger partial charge in [-0.05, 0) is 30.5 Å². The molecule has 0 saturated heterocycles. The molecule has 5 nitrogen and oxygen atoms in total. The largest absolute Gasteiger partial charge is 0.398 e. The number of amides is 2. The molecule has 1 rings (SSSR count). The average molecular weight is 277 g/mol. The van der Waals surface area contributed by atoms with E-state index in [0.717, 1.165) is 24.0 Å². The Kier molecular flexibility index (Phi) is 6.03. The maximum atomic E-state index is 11.9. The molecule has 0 heterocycles. The molecule has 0 spiro atoms. The number of nitrogens with zero attached hydrogens (tertiary/aromatic N) is 1. The monoisotopic (exact) mass is 277 g/mol. The lowest BCUT2D eigenvalue weighted by Crippen LogP contribution is -2.45. The summed E-state index contributed by atoms with van der Waals surface area (Å²) in [6, 6.07) is 5.17. The molecule has 0 radical (unpaired) electrons. The van der Waals surface area contributed by atoms with Crippen LogP contribution in [0.15, 0.2) is 18.2 Å². The Labute approximate surface area is 120 Å². The Hall–Kier alpha value is -2.04. The van der Waals surface area contributed by atoms with Gasteiger partial charge in [-0.1, -0.05) is 25.5 Å². The van der Waals surface area contributed by atoms with Gasteiger partial charge in [0.15, 0.2) is 0 Å². The molecule has 0 bridgehead atoms. The number of likely N-dealkylation sites (N-methyl/N-ethyl adjacent to an activating group) is 1. The summed E-state index contributed by atoms with van der Waals surface area (Å²) in [6.45, 7) is 4.28. The summed E-state index contributed by atoms with van der Waals surface area (Å²) in [7, 11) is 1.58. The molecule has 0 aliphatic heterocycles. The van der Waals surface area contributed by atoms with Crippen LogP contribution in [0.3, 0.4) is 0 Å². The molecule has 3 N–H and O–H groups in total. The highest BCUT2D eigenvalue weighted by atomic mass is 16.2. The zero-order valence-corrected chi connectivity index (χ0v) is 12.3. The molecule has 1 atom stereocenters. The van der Waals surface area contributed by atoms with Gasteiger partial charge in [0.05, 0.1) is 0 Å². The van der Waals surface area contributed by atoms with E-state index in [-0.39, 0.29) is 5.91 Å². The Morgan fingerprint density at radius 3 is 2.70 bits per heavy atom. The minimum atomic E-state index is -0.457. The number of hydrogen-bond donors (Lipinski definition) is 2. The summed E-state index contributed by atoms with van der Waals surface area (Å²) in [5, 5.41) is 2.61. The van der Waals surface area contributed by atoms with E-state index in [1.165, 1.54) is 4.90 Å². The van der Waals surface area contributed by atoms with Crippen LogP contribution in [0.25, 0.3) is 0 Å². The fourth-order valence-corrected chi connectivity index (χ4v) is 2.23. The Bertz CT molecular complexity index is 454. The topological polar surface area (TPSA) is 75.4 Å². The van der Waals surface area contributed by atoms with E-state index >= 15 is 0 Å². The van der Waals surface area contributed by atoms with Gasteiger partial charge in [-0.2, -0.15) is 0 Å². The number of benzene rings is 1. The fraction of sp³-hybridized carbons (Fsp3) is 0.467. The highest BCUT2D eigenvalue weighted by molar-refractivity contribution is 5.83. The van der Waals surface area contributed by atoms with Gasteiger partial charge in [0, 0.05) is 19.3 Å². The lowest BCUT2D eigenvalue weighted by atomic mass is 10.0. The van der Waals surface area contributed by atoms with E-state index in [2.05, 4.69) is 5.32 Å². The Morgan fingerprint density at radius 2 is 2.20 bits per heavy atom. The number of carbonyl (C=O) groups excluding carboxylic acids is 2. The van der Waals surface area contributed by atoms with Crippen molar-refractivity contribution in [2.75, 3.05) is 12.8 Å². The first-order valence-corrected chi connectivity index (χ1v) is 6.81. The second kappa shape index (κ2) is 7.53. The van der Waals surface area contributed by atoms with Crippen LogP contribution in [0.5, 0.6) is 0 Å². The first-order chi connectivity index (χ1) is 9.54. The van der Waals surface area contributed by atoms with Crippen LogP contribution < -0.4 is 11.1 Å². The third-order valence-corrected chi connectivity index (χ3v) is 3.43. The second-order valence-electron chi connectivity index (χ2n) is 4.84. The molecule has 0 saturated carbocycles. The molecule has 1 unspecified atom stereocenters. The second-order valence-corrected chi connectivity index (χ2v) is 4.84. The van der Waals surface area contributed by atoms with Crippen molar-refractivity contribution in [1.82, 2.24) is 10.2 Å². The van der Waals surface area contributed by atoms with Gasteiger partial charge in [-0.15, -0.1) is 0 Å². The summed E-state index contributed by atoms with van der Waals surface area (Å²) in [4.78, 5) is 24.8. The van der Waals surface area contributed by atoms with Crippen molar-refractivity contribution in [2.24, 2.45) is 0 Å². The van der Waals surface area contributed by atoms with Crippen molar-refractivity contribution >= 4 is 18.0 Å². The molecule has 110 valence electrons. The number of rotatable bonds is 7. The summed E-state index contributed by atoms with van der Waals surface area (Å²) in [5.74, 6) is -0.147. The van der Waals surface area contributed by atoms with Crippen molar-refractivity contribution in [3.8, 4) is 0 Å². The number of nitrogens with two attached hydrogens (primary N) is 1. The molecular formula is C15H23N3O2. The summed E-state index contributed by atoms with van der Waals surface area (Å²) in [6.07, 6.45) is 2.18. The van der Waals surface area contributed by atoms with Gasteiger partial charge in [0.1, 0.15) is 6.04 Å². The van der Waals surface area contributed by atoms with Crippen LogP contribution >= 0.6 is 0 Å². The number of aryl methyl sites for hydroxylation is 1. The van der Waals surface area contributed by atoms with Crippen LogP contribution in [0.4, 0.5) is 5.69 Å². The first kappa shape index (κ1) is 16.0. The predicted octanol–water partition coefficient (Wildman–Crippen LogP) is 1.45. The van der Waals surface area contributed by atoms with Crippen molar-refractivity contribution in [2.45, 2.75) is 39.3 Å². The van der Waals surface area contributed by atoms with Gasteiger partial charge in [0.2, 0.25) is 12.3 Å². The average Bonchev–Trinajstić information content (AvgIpc) is 2.44. The number of anilines is 1. The van der Waals surface area contributed by atoms with Gasteiger partial charge in [-0.3, -0.25) is 9.59 Å². The van der Waals surface area contributed by atoms with E-state index < -0.39 is 6.04 Å². The molecule has 1 aromatic carbocycles. The maximum absolute atomic E-state index is 11.9. The Morgan fingerprint density at radius 1 is 1.50 bits per heavy atom. The molecule has 2 amide bonds. The highest BCUT2D eigenvalue weighted by Crippen LogP contribution is 2.20.